The highest BCUT2D eigenvalue weighted by molar-refractivity contribution is 7.99. The number of carbonyl (C=O) groups is 1. The standard InChI is InChI=1S/C22H23ClN4O3S/c1-4-11-27-20(13-30-19-8-6-5-7-18(19)29-3)25-26-22(27)31-14-21(28)24-17-10-9-16(23)12-15(17)2/h4-10,12H,1,11,13-14H2,2-3H3,(H,24,28). The van der Waals surface area contributed by atoms with E-state index in [2.05, 4.69) is 22.1 Å². The molecule has 0 saturated carbocycles. The van der Waals surface area contributed by atoms with E-state index in [1.54, 1.807) is 31.4 Å². The summed E-state index contributed by atoms with van der Waals surface area (Å²) in [6.07, 6.45) is 1.75. The van der Waals surface area contributed by atoms with Gasteiger partial charge >= 0.3 is 0 Å². The molecule has 1 heterocycles. The van der Waals surface area contributed by atoms with Crippen LogP contribution in [0.5, 0.6) is 11.5 Å². The van der Waals surface area contributed by atoms with Crippen LogP contribution in [0.25, 0.3) is 0 Å². The number of allylic oxidation sites excluding steroid dienone is 1. The average Bonchev–Trinajstić information content (AvgIpc) is 3.15. The molecule has 3 rings (SSSR count). The Balaban J connectivity index is 1.64. The molecule has 0 spiro atoms. The number of para-hydroxylation sites is 2. The number of hydrogen-bond donors (Lipinski definition) is 1. The first-order chi connectivity index (χ1) is 15.0. The third-order valence-corrected chi connectivity index (χ3v) is 5.53. The van der Waals surface area contributed by atoms with Crippen LogP contribution in [-0.2, 0) is 17.9 Å². The van der Waals surface area contributed by atoms with Crippen molar-refractivity contribution >= 4 is 35.0 Å². The number of thioether (sulfide) groups is 1. The van der Waals surface area contributed by atoms with E-state index in [1.165, 1.54) is 11.8 Å². The van der Waals surface area contributed by atoms with Crippen LogP contribution in [-0.4, -0.2) is 33.5 Å². The zero-order chi connectivity index (χ0) is 22.2. The number of nitrogens with zero attached hydrogens (tertiary/aromatic N) is 3. The summed E-state index contributed by atoms with van der Waals surface area (Å²) in [6.45, 7) is 6.39. The van der Waals surface area contributed by atoms with Gasteiger partial charge in [0.15, 0.2) is 22.5 Å². The quantitative estimate of drug-likeness (QED) is 0.349. The van der Waals surface area contributed by atoms with Crippen LogP contribution in [0.15, 0.2) is 60.3 Å². The second-order valence-corrected chi connectivity index (χ2v) is 7.91. The second kappa shape index (κ2) is 10.9. The van der Waals surface area contributed by atoms with Crippen molar-refractivity contribution in [3.05, 3.63) is 71.5 Å². The van der Waals surface area contributed by atoms with Crippen molar-refractivity contribution < 1.29 is 14.3 Å². The van der Waals surface area contributed by atoms with Crippen LogP contribution in [0.3, 0.4) is 0 Å². The van der Waals surface area contributed by atoms with Crippen LogP contribution in [0.4, 0.5) is 5.69 Å². The topological polar surface area (TPSA) is 78.3 Å². The van der Waals surface area contributed by atoms with Crippen molar-refractivity contribution in [3.8, 4) is 11.5 Å². The number of methoxy groups -OCH3 is 1. The highest BCUT2D eigenvalue weighted by Crippen LogP contribution is 2.27. The van der Waals surface area contributed by atoms with Crippen LogP contribution >= 0.6 is 23.4 Å². The van der Waals surface area contributed by atoms with Crippen molar-refractivity contribution in [2.24, 2.45) is 0 Å². The molecular weight excluding hydrogens is 436 g/mol. The van der Waals surface area contributed by atoms with Crippen LogP contribution in [0, 0.1) is 6.92 Å². The Kier molecular flexibility index (Phi) is 7.97. The van der Waals surface area contributed by atoms with E-state index in [-0.39, 0.29) is 18.3 Å². The predicted molar refractivity (Wildman–Crippen MR) is 123 cm³/mol. The van der Waals surface area contributed by atoms with Gasteiger partial charge in [0.1, 0.15) is 6.61 Å². The summed E-state index contributed by atoms with van der Waals surface area (Å²) in [7, 11) is 1.59. The fourth-order valence-corrected chi connectivity index (χ4v) is 3.80. The molecule has 9 heteroatoms. The highest BCUT2D eigenvalue weighted by Gasteiger charge is 2.15. The van der Waals surface area contributed by atoms with Crippen molar-refractivity contribution in [2.75, 3.05) is 18.2 Å². The van der Waals surface area contributed by atoms with Gasteiger partial charge < -0.3 is 14.8 Å². The van der Waals surface area contributed by atoms with Crippen molar-refractivity contribution in [1.29, 1.82) is 0 Å². The molecular formula is C22H23ClN4O3S. The van der Waals surface area contributed by atoms with E-state index in [1.807, 2.05) is 35.8 Å². The fourth-order valence-electron chi connectivity index (χ4n) is 2.81. The van der Waals surface area contributed by atoms with E-state index >= 15 is 0 Å². The maximum Gasteiger partial charge on any atom is 0.234 e. The summed E-state index contributed by atoms with van der Waals surface area (Å²) in [5.74, 6) is 1.92. The Morgan fingerprint density at radius 2 is 2.03 bits per heavy atom. The molecule has 1 amide bonds. The van der Waals surface area contributed by atoms with Gasteiger partial charge in [-0.3, -0.25) is 9.36 Å². The lowest BCUT2D eigenvalue weighted by Gasteiger charge is -2.11. The maximum atomic E-state index is 12.4. The lowest BCUT2D eigenvalue weighted by Crippen LogP contribution is -2.15. The minimum Gasteiger partial charge on any atom is -0.493 e. The highest BCUT2D eigenvalue weighted by atomic mass is 35.5. The summed E-state index contributed by atoms with van der Waals surface area (Å²) >= 11 is 7.26. The first kappa shape index (κ1) is 22.7. The Labute approximate surface area is 190 Å². The number of rotatable bonds is 10. The predicted octanol–water partition coefficient (Wildman–Crippen LogP) is 4.74. The number of carbonyl (C=O) groups excluding carboxylic acids is 1. The molecule has 0 atom stereocenters. The fraction of sp³-hybridized carbons (Fsp3) is 0.227. The van der Waals surface area contributed by atoms with E-state index in [0.717, 1.165) is 11.3 Å². The third kappa shape index (κ3) is 6.02. The lowest BCUT2D eigenvalue weighted by molar-refractivity contribution is -0.113. The Bertz CT molecular complexity index is 1070. The molecule has 0 bridgehead atoms. The number of halogens is 1. The van der Waals surface area contributed by atoms with Crippen LogP contribution < -0.4 is 14.8 Å². The number of benzene rings is 2. The number of nitrogens with one attached hydrogen (secondary N) is 1. The van der Waals surface area contributed by atoms with Crippen molar-refractivity contribution in [1.82, 2.24) is 14.8 Å². The van der Waals surface area contributed by atoms with Gasteiger partial charge in [0.05, 0.1) is 12.9 Å². The lowest BCUT2D eigenvalue weighted by atomic mass is 10.2. The summed E-state index contributed by atoms with van der Waals surface area (Å²) in [4.78, 5) is 12.4. The summed E-state index contributed by atoms with van der Waals surface area (Å²) in [6, 6.07) is 12.7. The molecule has 0 aliphatic carbocycles. The smallest absolute Gasteiger partial charge is 0.234 e. The number of aromatic nitrogens is 3. The number of hydrogen-bond acceptors (Lipinski definition) is 6. The Morgan fingerprint density at radius 1 is 1.26 bits per heavy atom. The van der Waals surface area contributed by atoms with Gasteiger partial charge in [-0.2, -0.15) is 0 Å². The number of aryl methyl sites for hydroxylation is 1. The first-order valence-electron chi connectivity index (χ1n) is 9.49. The van der Waals surface area contributed by atoms with E-state index in [4.69, 9.17) is 21.1 Å². The number of anilines is 1. The van der Waals surface area contributed by atoms with Crippen molar-refractivity contribution in [2.45, 2.75) is 25.2 Å². The minimum atomic E-state index is -0.143. The molecule has 1 N–H and O–H groups in total. The molecule has 0 saturated heterocycles. The third-order valence-electron chi connectivity index (χ3n) is 4.33. The molecule has 0 fully saturated rings. The SMILES string of the molecule is C=CCn1c(COc2ccccc2OC)nnc1SCC(=O)Nc1ccc(Cl)cc1C. The van der Waals surface area contributed by atoms with Gasteiger partial charge in [0, 0.05) is 17.3 Å². The summed E-state index contributed by atoms with van der Waals surface area (Å²) in [5.41, 5.74) is 1.63. The molecule has 162 valence electrons. The molecule has 7 nitrogen and oxygen atoms in total. The molecule has 0 aliphatic heterocycles. The van der Waals surface area contributed by atoms with Gasteiger partial charge in [-0.1, -0.05) is 41.6 Å². The van der Waals surface area contributed by atoms with Crippen LogP contribution in [0.2, 0.25) is 5.02 Å². The summed E-state index contributed by atoms with van der Waals surface area (Å²) < 4.78 is 13.0. The number of amides is 1. The minimum absolute atomic E-state index is 0.143. The van der Waals surface area contributed by atoms with E-state index < -0.39 is 0 Å². The first-order valence-corrected chi connectivity index (χ1v) is 10.9. The molecule has 3 aromatic rings. The van der Waals surface area contributed by atoms with Crippen LogP contribution in [0.1, 0.15) is 11.4 Å². The van der Waals surface area contributed by atoms with Gasteiger partial charge in [-0.25, -0.2) is 0 Å². The van der Waals surface area contributed by atoms with Gasteiger partial charge in [0.25, 0.3) is 0 Å². The van der Waals surface area contributed by atoms with Gasteiger partial charge in [-0.05, 0) is 42.8 Å². The monoisotopic (exact) mass is 458 g/mol. The van der Waals surface area contributed by atoms with Crippen molar-refractivity contribution in [3.63, 3.8) is 0 Å². The largest absolute Gasteiger partial charge is 0.493 e. The molecule has 31 heavy (non-hydrogen) atoms. The number of ether oxygens (including phenoxy) is 2. The van der Waals surface area contributed by atoms with E-state index in [0.29, 0.717) is 34.0 Å². The summed E-state index contributed by atoms with van der Waals surface area (Å²) in [5, 5.41) is 12.6. The molecule has 0 unspecified atom stereocenters. The molecule has 2 aromatic carbocycles. The van der Waals surface area contributed by atoms with Gasteiger partial charge in [-0.15, -0.1) is 16.8 Å². The Hall–Kier alpha value is -2.97. The molecule has 0 aliphatic rings. The maximum absolute atomic E-state index is 12.4. The molecule has 0 radical (unpaired) electrons. The Morgan fingerprint density at radius 3 is 2.74 bits per heavy atom. The average molecular weight is 459 g/mol. The normalized spacial score (nSPS) is 10.5. The zero-order valence-corrected chi connectivity index (χ0v) is 18.9. The van der Waals surface area contributed by atoms with E-state index in [9.17, 15) is 4.79 Å². The van der Waals surface area contributed by atoms with Gasteiger partial charge in [0.2, 0.25) is 5.91 Å². The molecule has 1 aromatic heterocycles. The zero-order valence-electron chi connectivity index (χ0n) is 17.3. The second-order valence-electron chi connectivity index (χ2n) is 6.53.